The maximum Gasteiger partial charge on any atom is 0.335 e. The molecule has 3 aromatic heterocycles. The maximum atomic E-state index is 12.7. The lowest BCUT2D eigenvalue weighted by molar-refractivity contribution is 0.256. The molecule has 0 saturated carbocycles. The van der Waals surface area contributed by atoms with Gasteiger partial charge >= 0.3 is 6.03 Å². The molecule has 142 valence electrons. The fraction of sp³-hybridized carbons (Fsp3) is 0.200. The molecular formula is C15H16N6O5S. The molecule has 0 radical (unpaired) electrons. The van der Waals surface area contributed by atoms with Gasteiger partial charge in [-0.3, -0.25) is 9.72 Å². The molecule has 0 aliphatic heterocycles. The zero-order chi connectivity index (χ0) is 19.6. The van der Waals surface area contributed by atoms with Crippen molar-refractivity contribution in [3.05, 3.63) is 36.2 Å². The van der Waals surface area contributed by atoms with E-state index in [2.05, 4.69) is 20.3 Å². The van der Waals surface area contributed by atoms with Crippen molar-refractivity contribution in [1.29, 1.82) is 0 Å². The molecule has 12 heteroatoms. The predicted octanol–water partition coefficient (Wildman–Crippen LogP) is 0.960. The number of methoxy groups -OCH3 is 2. The highest BCUT2D eigenvalue weighted by Gasteiger charge is 2.25. The Morgan fingerprint density at radius 1 is 1.11 bits per heavy atom. The number of fused-ring (bicyclic) bond motifs is 1. The summed E-state index contributed by atoms with van der Waals surface area (Å²) in [5.41, 5.74) is 0.692. The van der Waals surface area contributed by atoms with Gasteiger partial charge in [-0.1, -0.05) is 6.07 Å². The number of carbonyl (C=O) groups is 1. The normalized spacial score (nSPS) is 11.2. The first-order valence-corrected chi connectivity index (χ1v) is 9.07. The Hall–Kier alpha value is -3.41. The van der Waals surface area contributed by atoms with E-state index in [0.29, 0.717) is 5.65 Å². The lowest BCUT2D eigenvalue weighted by atomic mass is 10.5. The van der Waals surface area contributed by atoms with Crippen molar-refractivity contribution in [3.8, 4) is 11.8 Å². The van der Waals surface area contributed by atoms with Crippen LogP contribution in [0.2, 0.25) is 0 Å². The number of sulfonamides is 1. The van der Waals surface area contributed by atoms with Crippen LogP contribution in [-0.4, -0.2) is 48.0 Å². The maximum absolute atomic E-state index is 12.7. The van der Waals surface area contributed by atoms with E-state index in [1.807, 2.05) is 4.72 Å². The Kier molecular flexibility index (Phi) is 4.81. The average Bonchev–Trinajstić information content (AvgIpc) is 2.97. The highest BCUT2D eigenvalue weighted by atomic mass is 32.2. The van der Waals surface area contributed by atoms with Gasteiger partial charge < -0.3 is 9.47 Å². The summed E-state index contributed by atoms with van der Waals surface area (Å²) >= 11 is 0. The summed E-state index contributed by atoms with van der Waals surface area (Å²) in [7, 11) is -1.45. The third-order valence-electron chi connectivity index (χ3n) is 3.45. The number of imidazole rings is 1. The molecule has 0 fully saturated rings. The van der Waals surface area contributed by atoms with E-state index in [4.69, 9.17) is 9.47 Å². The van der Waals surface area contributed by atoms with E-state index < -0.39 is 16.1 Å². The van der Waals surface area contributed by atoms with Crippen LogP contribution >= 0.6 is 0 Å². The molecule has 0 aliphatic rings. The number of hydrogen-bond donors (Lipinski definition) is 2. The zero-order valence-corrected chi connectivity index (χ0v) is 15.4. The molecule has 2 N–H and O–H groups in total. The van der Waals surface area contributed by atoms with Gasteiger partial charge in [-0.2, -0.15) is 18.4 Å². The largest absolute Gasteiger partial charge is 0.481 e. The molecule has 0 saturated heterocycles. The first kappa shape index (κ1) is 18.4. The Labute approximate surface area is 154 Å². The highest BCUT2D eigenvalue weighted by molar-refractivity contribution is 7.90. The van der Waals surface area contributed by atoms with Gasteiger partial charge in [-0.05, 0) is 19.1 Å². The van der Waals surface area contributed by atoms with Gasteiger partial charge in [0, 0.05) is 6.20 Å². The number of aromatic nitrogens is 4. The van der Waals surface area contributed by atoms with Crippen molar-refractivity contribution in [2.75, 3.05) is 19.5 Å². The summed E-state index contributed by atoms with van der Waals surface area (Å²) in [6.07, 6.45) is 1.54. The quantitative estimate of drug-likeness (QED) is 0.655. The van der Waals surface area contributed by atoms with Crippen LogP contribution in [0.3, 0.4) is 0 Å². The first-order chi connectivity index (χ1) is 12.8. The Balaban J connectivity index is 1.86. The molecule has 0 unspecified atom stereocenters. The summed E-state index contributed by atoms with van der Waals surface area (Å²) < 4.78 is 38.5. The lowest BCUT2D eigenvalue weighted by Gasteiger charge is -2.10. The Morgan fingerprint density at radius 3 is 2.41 bits per heavy atom. The molecule has 27 heavy (non-hydrogen) atoms. The number of hydrogen-bond acceptors (Lipinski definition) is 8. The molecule has 0 atom stereocenters. The molecule has 11 nitrogen and oxygen atoms in total. The van der Waals surface area contributed by atoms with E-state index in [-0.39, 0.29) is 28.4 Å². The van der Waals surface area contributed by atoms with Crippen LogP contribution < -0.4 is 19.5 Å². The van der Waals surface area contributed by atoms with Crippen molar-refractivity contribution >= 4 is 27.6 Å². The minimum Gasteiger partial charge on any atom is -0.481 e. The number of pyridine rings is 1. The third kappa shape index (κ3) is 3.74. The van der Waals surface area contributed by atoms with Crippen LogP contribution in [-0.2, 0) is 10.0 Å². The monoisotopic (exact) mass is 392 g/mol. The second kappa shape index (κ2) is 7.07. The number of nitrogens with one attached hydrogen (secondary N) is 2. The van der Waals surface area contributed by atoms with Gasteiger partial charge in [0.1, 0.15) is 5.65 Å². The number of amides is 2. The molecule has 2 amide bonds. The molecule has 0 aromatic carbocycles. The van der Waals surface area contributed by atoms with Crippen LogP contribution in [0.15, 0.2) is 35.5 Å². The average molecular weight is 392 g/mol. The summed E-state index contributed by atoms with van der Waals surface area (Å²) in [6, 6.07) is 5.40. The molecular weight excluding hydrogens is 376 g/mol. The number of rotatable bonds is 5. The van der Waals surface area contributed by atoms with Crippen LogP contribution in [0, 0.1) is 6.92 Å². The second-order valence-corrected chi connectivity index (χ2v) is 6.86. The van der Waals surface area contributed by atoms with Gasteiger partial charge in [0.25, 0.3) is 10.0 Å². The fourth-order valence-corrected chi connectivity index (χ4v) is 3.62. The van der Waals surface area contributed by atoms with E-state index in [0.717, 1.165) is 0 Å². The van der Waals surface area contributed by atoms with Crippen LogP contribution in [0.25, 0.3) is 5.65 Å². The van der Waals surface area contributed by atoms with Crippen molar-refractivity contribution in [1.82, 2.24) is 24.1 Å². The smallest absolute Gasteiger partial charge is 0.335 e. The van der Waals surface area contributed by atoms with Crippen LogP contribution in [0.1, 0.15) is 5.69 Å². The minimum absolute atomic E-state index is 0.137. The molecule has 3 heterocycles. The predicted molar refractivity (Wildman–Crippen MR) is 94.4 cm³/mol. The van der Waals surface area contributed by atoms with Gasteiger partial charge in [-0.15, -0.1) is 0 Å². The standard InChI is InChI=1S/C15H16N6O5S/c1-9-13(21-7-5-4-6-10(21)16-9)27(23,24)20-15(22)19-14-17-11(25-2)8-12(18-14)26-3/h4-8H,1-3H3,(H2,17,18,19,20,22). The van der Waals surface area contributed by atoms with Crippen molar-refractivity contribution < 1.29 is 22.7 Å². The lowest BCUT2D eigenvalue weighted by Crippen LogP contribution is -2.35. The number of aryl methyl sites for hydroxylation is 1. The highest BCUT2D eigenvalue weighted by Crippen LogP contribution is 2.19. The zero-order valence-electron chi connectivity index (χ0n) is 14.6. The van der Waals surface area contributed by atoms with E-state index in [9.17, 15) is 13.2 Å². The van der Waals surface area contributed by atoms with Gasteiger partial charge in [0.05, 0.1) is 26.0 Å². The fourth-order valence-electron chi connectivity index (χ4n) is 2.38. The van der Waals surface area contributed by atoms with Crippen LogP contribution in [0.4, 0.5) is 10.7 Å². The van der Waals surface area contributed by atoms with Crippen molar-refractivity contribution in [2.45, 2.75) is 11.9 Å². The SMILES string of the molecule is COc1cc(OC)nc(NC(=O)NS(=O)(=O)c2c(C)nc3ccccn23)n1. The number of ether oxygens (including phenoxy) is 2. The minimum atomic E-state index is -4.20. The van der Waals surface area contributed by atoms with Crippen molar-refractivity contribution in [2.24, 2.45) is 0 Å². The van der Waals surface area contributed by atoms with E-state index >= 15 is 0 Å². The Bertz CT molecular complexity index is 1090. The molecule has 0 bridgehead atoms. The molecule has 0 spiro atoms. The molecule has 3 rings (SSSR count). The summed E-state index contributed by atoms with van der Waals surface area (Å²) in [6.45, 7) is 1.54. The van der Waals surface area contributed by atoms with E-state index in [1.54, 1.807) is 18.2 Å². The number of carbonyl (C=O) groups excluding carboxylic acids is 1. The number of anilines is 1. The summed E-state index contributed by atoms with van der Waals surface area (Å²) in [5, 5.41) is 2.09. The topological polar surface area (TPSA) is 137 Å². The number of nitrogens with zero attached hydrogens (tertiary/aromatic N) is 4. The third-order valence-corrected chi connectivity index (χ3v) is 4.91. The first-order valence-electron chi connectivity index (χ1n) is 7.58. The van der Waals surface area contributed by atoms with Gasteiger partial charge in [-0.25, -0.2) is 14.5 Å². The van der Waals surface area contributed by atoms with Gasteiger partial charge in [0.15, 0.2) is 5.03 Å². The number of urea groups is 1. The summed E-state index contributed by atoms with van der Waals surface area (Å²) in [4.78, 5) is 24.2. The molecule has 0 aliphatic carbocycles. The second-order valence-electron chi connectivity index (χ2n) is 5.27. The summed E-state index contributed by atoms with van der Waals surface area (Å²) in [5.74, 6) is 0.0871. The molecule has 3 aromatic rings. The Morgan fingerprint density at radius 2 is 1.78 bits per heavy atom. The van der Waals surface area contributed by atoms with E-state index in [1.165, 1.54) is 37.8 Å². The van der Waals surface area contributed by atoms with Gasteiger partial charge in [0.2, 0.25) is 17.7 Å². The van der Waals surface area contributed by atoms with Crippen LogP contribution in [0.5, 0.6) is 11.8 Å². The van der Waals surface area contributed by atoms with Crippen molar-refractivity contribution in [3.63, 3.8) is 0 Å².